The van der Waals surface area contributed by atoms with Crippen molar-refractivity contribution in [2.45, 2.75) is 25.8 Å². The number of carbonyl (C=O) groups excluding carboxylic acids is 3. The van der Waals surface area contributed by atoms with Gasteiger partial charge in [0.25, 0.3) is 0 Å². The Balaban J connectivity index is 1.31. The normalized spacial score (nSPS) is 20.1. The SMILES string of the molecule is COc1ccc(-c2noc(CN(C)C(=O)CCN3C(=O)[C@H]4CC=CC[C@@H]4C3=O)n2)cc1. The summed E-state index contributed by atoms with van der Waals surface area (Å²) < 4.78 is 10.4. The van der Waals surface area contributed by atoms with Crippen molar-refractivity contribution in [2.75, 3.05) is 20.7 Å². The van der Waals surface area contributed by atoms with Gasteiger partial charge in [0, 0.05) is 25.6 Å². The van der Waals surface area contributed by atoms with Crippen LogP contribution in [0.25, 0.3) is 11.4 Å². The van der Waals surface area contributed by atoms with E-state index >= 15 is 0 Å². The Hall–Kier alpha value is -3.49. The van der Waals surface area contributed by atoms with E-state index in [-0.39, 0.29) is 49.1 Å². The molecule has 0 saturated carbocycles. The summed E-state index contributed by atoms with van der Waals surface area (Å²) in [4.78, 5) is 44.6. The lowest BCUT2D eigenvalue weighted by Gasteiger charge is -2.18. The molecule has 0 unspecified atom stereocenters. The molecule has 9 nitrogen and oxygen atoms in total. The van der Waals surface area contributed by atoms with Gasteiger partial charge in [0.05, 0.1) is 25.5 Å². The fraction of sp³-hybridized carbons (Fsp3) is 0.409. The summed E-state index contributed by atoms with van der Waals surface area (Å²) >= 11 is 0. The number of allylic oxidation sites excluding steroid dienone is 2. The lowest BCUT2D eigenvalue weighted by atomic mass is 9.85. The van der Waals surface area contributed by atoms with Crippen LogP contribution in [-0.4, -0.2) is 58.4 Å². The van der Waals surface area contributed by atoms with E-state index in [2.05, 4.69) is 10.1 Å². The molecule has 2 heterocycles. The van der Waals surface area contributed by atoms with Crippen molar-refractivity contribution in [1.29, 1.82) is 0 Å². The quantitative estimate of drug-likeness (QED) is 0.495. The van der Waals surface area contributed by atoms with Crippen LogP contribution in [0.1, 0.15) is 25.2 Å². The summed E-state index contributed by atoms with van der Waals surface area (Å²) in [5, 5.41) is 3.96. The molecule has 1 aromatic carbocycles. The zero-order valence-electron chi connectivity index (χ0n) is 17.5. The number of rotatable bonds is 7. The number of hydrogen-bond acceptors (Lipinski definition) is 7. The number of likely N-dealkylation sites (tertiary alicyclic amines) is 1. The van der Waals surface area contributed by atoms with Crippen molar-refractivity contribution in [2.24, 2.45) is 11.8 Å². The van der Waals surface area contributed by atoms with Gasteiger partial charge in [-0.25, -0.2) is 0 Å². The van der Waals surface area contributed by atoms with Crippen molar-refractivity contribution in [3.05, 3.63) is 42.3 Å². The van der Waals surface area contributed by atoms with Gasteiger partial charge in [-0.1, -0.05) is 17.3 Å². The molecular formula is C22H24N4O5. The van der Waals surface area contributed by atoms with E-state index in [0.29, 0.717) is 24.6 Å². The number of ether oxygens (including phenoxy) is 1. The smallest absolute Gasteiger partial charge is 0.246 e. The largest absolute Gasteiger partial charge is 0.497 e. The van der Waals surface area contributed by atoms with E-state index in [4.69, 9.17) is 9.26 Å². The van der Waals surface area contributed by atoms with Crippen molar-refractivity contribution in [1.82, 2.24) is 19.9 Å². The van der Waals surface area contributed by atoms with Crippen LogP contribution in [0.4, 0.5) is 0 Å². The van der Waals surface area contributed by atoms with Gasteiger partial charge < -0.3 is 14.2 Å². The van der Waals surface area contributed by atoms with Gasteiger partial charge in [-0.15, -0.1) is 0 Å². The highest BCUT2D eigenvalue weighted by molar-refractivity contribution is 6.05. The number of carbonyl (C=O) groups is 3. The summed E-state index contributed by atoms with van der Waals surface area (Å²) in [5.41, 5.74) is 0.770. The molecule has 1 aromatic heterocycles. The van der Waals surface area contributed by atoms with Gasteiger partial charge in [0.15, 0.2) is 0 Å². The molecule has 0 radical (unpaired) electrons. The van der Waals surface area contributed by atoms with Crippen LogP contribution in [0.5, 0.6) is 5.75 Å². The first-order valence-electron chi connectivity index (χ1n) is 10.2. The van der Waals surface area contributed by atoms with Crippen molar-refractivity contribution in [3.63, 3.8) is 0 Å². The summed E-state index contributed by atoms with van der Waals surface area (Å²) in [6.45, 7) is 0.230. The van der Waals surface area contributed by atoms with Gasteiger partial charge in [0.1, 0.15) is 5.75 Å². The third-order valence-corrected chi connectivity index (χ3v) is 5.76. The van der Waals surface area contributed by atoms with Gasteiger partial charge in [0.2, 0.25) is 29.4 Å². The lowest BCUT2D eigenvalue weighted by Crippen LogP contribution is -2.36. The number of aromatic nitrogens is 2. The molecule has 2 aromatic rings. The Morgan fingerprint density at radius 3 is 2.42 bits per heavy atom. The van der Waals surface area contributed by atoms with Gasteiger partial charge in [-0.2, -0.15) is 4.98 Å². The summed E-state index contributed by atoms with van der Waals surface area (Å²) in [6, 6.07) is 7.24. The topological polar surface area (TPSA) is 106 Å². The second-order valence-electron chi connectivity index (χ2n) is 7.72. The van der Waals surface area contributed by atoms with E-state index in [0.717, 1.165) is 11.3 Å². The molecule has 2 atom stereocenters. The van der Waals surface area contributed by atoms with Crippen LogP contribution >= 0.6 is 0 Å². The highest BCUT2D eigenvalue weighted by Gasteiger charge is 2.46. The molecule has 1 fully saturated rings. The first kappa shape index (κ1) is 20.8. The van der Waals surface area contributed by atoms with Crippen LogP contribution in [0, 0.1) is 11.8 Å². The maximum absolute atomic E-state index is 12.5. The maximum Gasteiger partial charge on any atom is 0.246 e. The Morgan fingerprint density at radius 1 is 1.16 bits per heavy atom. The lowest BCUT2D eigenvalue weighted by molar-refractivity contribution is -0.140. The van der Waals surface area contributed by atoms with Crippen molar-refractivity contribution >= 4 is 17.7 Å². The summed E-state index contributed by atoms with van der Waals surface area (Å²) in [7, 11) is 3.21. The fourth-order valence-corrected chi connectivity index (χ4v) is 3.96. The molecule has 0 N–H and O–H groups in total. The highest BCUT2D eigenvalue weighted by Crippen LogP contribution is 2.35. The zero-order valence-corrected chi connectivity index (χ0v) is 17.5. The second kappa shape index (κ2) is 8.71. The molecule has 2 aliphatic rings. The number of benzene rings is 1. The van der Waals surface area contributed by atoms with E-state index < -0.39 is 0 Å². The van der Waals surface area contributed by atoms with Crippen LogP contribution in [0.2, 0.25) is 0 Å². The zero-order chi connectivity index (χ0) is 22.0. The molecular weight excluding hydrogens is 400 g/mol. The molecule has 0 spiro atoms. The standard InChI is InChI=1S/C22H24N4O5/c1-25(13-18-23-20(24-31-18)14-7-9-15(30-2)10-8-14)19(27)11-12-26-21(28)16-5-3-4-6-17(16)22(26)29/h3-4,7-10,16-17H,5-6,11-13H2,1-2H3/t16-,17-/m0/s1. The van der Waals surface area contributed by atoms with Gasteiger partial charge >= 0.3 is 0 Å². The molecule has 162 valence electrons. The fourth-order valence-electron chi connectivity index (χ4n) is 3.96. The molecule has 1 aliphatic heterocycles. The van der Waals surface area contributed by atoms with E-state index in [1.165, 1.54) is 9.80 Å². The van der Waals surface area contributed by atoms with Crippen LogP contribution in [0.3, 0.4) is 0 Å². The summed E-state index contributed by atoms with van der Waals surface area (Å²) in [6.07, 6.45) is 5.12. The predicted molar refractivity (Wildman–Crippen MR) is 109 cm³/mol. The average molecular weight is 424 g/mol. The first-order valence-corrected chi connectivity index (χ1v) is 10.2. The van der Waals surface area contributed by atoms with E-state index in [1.807, 2.05) is 24.3 Å². The van der Waals surface area contributed by atoms with E-state index in [1.54, 1.807) is 26.3 Å². The predicted octanol–water partition coefficient (Wildman–Crippen LogP) is 2.04. The minimum Gasteiger partial charge on any atom is -0.497 e. The van der Waals surface area contributed by atoms with Gasteiger partial charge in [-0.3, -0.25) is 19.3 Å². The number of imide groups is 1. The number of amides is 3. The second-order valence-corrected chi connectivity index (χ2v) is 7.72. The number of fused-ring (bicyclic) bond motifs is 1. The average Bonchev–Trinajstić information content (AvgIpc) is 3.35. The molecule has 4 rings (SSSR count). The van der Waals surface area contributed by atoms with Gasteiger partial charge in [-0.05, 0) is 37.1 Å². The number of hydrogen-bond donors (Lipinski definition) is 0. The first-order chi connectivity index (χ1) is 15.0. The minimum absolute atomic E-state index is 0.0559. The Morgan fingerprint density at radius 2 is 1.81 bits per heavy atom. The summed E-state index contributed by atoms with van der Waals surface area (Å²) in [5.74, 6) is 0.336. The molecule has 9 heteroatoms. The minimum atomic E-state index is -0.278. The van der Waals surface area contributed by atoms with Crippen LogP contribution < -0.4 is 4.74 Å². The Kier molecular flexibility index (Phi) is 5.83. The molecule has 1 aliphatic carbocycles. The molecule has 31 heavy (non-hydrogen) atoms. The number of nitrogens with zero attached hydrogens (tertiary/aromatic N) is 4. The third-order valence-electron chi connectivity index (χ3n) is 5.76. The maximum atomic E-state index is 12.5. The van der Waals surface area contributed by atoms with E-state index in [9.17, 15) is 14.4 Å². The van der Waals surface area contributed by atoms with Crippen molar-refractivity contribution in [3.8, 4) is 17.1 Å². The molecule has 3 amide bonds. The Labute approximate surface area is 179 Å². The monoisotopic (exact) mass is 424 g/mol. The Bertz CT molecular complexity index is 987. The number of methoxy groups -OCH3 is 1. The third kappa shape index (κ3) is 4.21. The van der Waals surface area contributed by atoms with Crippen LogP contribution in [0.15, 0.2) is 40.9 Å². The van der Waals surface area contributed by atoms with Crippen molar-refractivity contribution < 1.29 is 23.6 Å². The molecule has 0 bridgehead atoms. The molecule has 1 saturated heterocycles. The van der Waals surface area contributed by atoms with Crippen LogP contribution in [-0.2, 0) is 20.9 Å². The highest BCUT2D eigenvalue weighted by atomic mass is 16.5.